The summed E-state index contributed by atoms with van der Waals surface area (Å²) in [6.45, 7) is 3.55. The molecule has 0 bridgehead atoms. The van der Waals surface area contributed by atoms with Gasteiger partial charge in [0.2, 0.25) is 6.79 Å². The van der Waals surface area contributed by atoms with Crippen LogP contribution in [0.15, 0.2) is 16.6 Å². The largest absolute Gasteiger partial charge is 0.454 e. The zero-order valence-electron chi connectivity index (χ0n) is 10.5. The quantitative estimate of drug-likeness (QED) is 0.927. The van der Waals surface area contributed by atoms with Gasteiger partial charge in [0.1, 0.15) is 0 Å². The molecule has 2 atom stereocenters. The normalized spacial score (nSPS) is 25.7. The van der Waals surface area contributed by atoms with Gasteiger partial charge in [0.25, 0.3) is 0 Å². The van der Waals surface area contributed by atoms with Gasteiger partial charge in [0, 0.05) is 12.6 Å². The van der Waals surface area contributed by atoms with Gasteiger partial charge in [-0.3, -0.25) is 0 Å². The third kappa shape index (κ3) is 2.36. The first-order valence-corrected chi connectivity index (χ1v) is 7.35. The van der Waals surface area contributed by atoms with E-state index in [1.54, 1.807) is 0 Å². The number of benzene rings is 1. The number of fused-ring (bicyclic) bond motifs is 1. The van der Waals surface area contributed by atoms with E-state index in [0.717, 1.165) is 28.4 Å². The molecule has 1 N–H and O–H groups in total. The molecule has 1 saturated carbocycles. The van der Waals surface area contributed by atoms with Crippen LogP contribution in [0.2, 0.25) is 0 Å². The number of hydrogen-bond donors (Lipinski definition) is 1. The molecule has 0 aromatic heterocycles. The summed E-state index contributed by atoms with van der Waals surface area (Å²) in [6, 6.07) is 4.84. The van der Waals surface area contributed by atoms with E-state index in [1.165, 1.54) is 24.8 Å². The van der Waals surface area contributed by atoms with E-state index < -0.39 is 0 Å². The van der Waals surface area contributed by atoms with Crippen molar-refractivity contribution >= 4 is 15.9 Å². The monoisotopic (exact) mass is 311 g/mol. The molecule has 1 fully saturated rings. The third-order valence-corrected chi connectivity index (χ3v) is 4.51. The highest BCUT2D eigenvalue weighted by Crippen LogP contribution is 2.40. The topological polar surface area (TPSA) is 30.5 Å². The highest BCUT2D eigenvalue weighted by Gasteiger charge is 2.23. The first-order chi connectivity index (χ1) is 8.74. The van der Waals surface area contributed by atoms with Crippen LogP contribution in [0.25, 0.3) is 0 Å². The summed E-state index contributed by atoms with van der Waals surface area (Å²) >= 11 is 3.53. The molecule has 0 spiro atoms. The number of hydrogen-bond acceptors (Lipinski definition) is 3. The molecule has 98 valence electrons. The van der Waals surface area contributed by atoms with Crippen LogP contribution in [0, 0.1) is 5.92 Å². The molecule has 0 saturated heterocycles. The van der Waals surface area contributed by atoms with E-state index in [4.69, 9.17) is 9.47 Å². The van der Waals surface area contributed by atoms with Crippen molar-refractivity contribution in [1.82, 2.24) is 5.32 Å². The molecule has 1 aromatic carbocycles. The molecule has 1 heterocycles. The molecule has 1 aromatic rings. The van der Waals surface area contributed by atoms with E-state index in [-0.39, 0.29) is 0 Å². The number of halogens is 1. The number of ether oxygens (including phenoxy) is 2. The predicted octanol–water partition coefficient (Wildman–Crippen LogP) is 3.46. The summed E-state index contributed by atoms with van der Waals surface area (Å²) in [4.78, 5) is 0. The molecule has 1 aliphatic carbocycles. The second-order valence-electron chi connectivity index (χ2n) is 5.21. The van der Waals surface area contributed by atoms with Crippen molar-refractivity contribution in [3.63, 3.8) is 0 Å². The Morgan fingerprint density at radius 2 is 2.22 bits per heavy atom. The van der Waals surface area contributed by atoms with Gasteiger partial charge in [0.15, 0.2) is 11.5 Å². The molecular formula is C14H18BrNO2. The molecule has 1 aliphatic heterocycles. The lowest BCUT2D eigenvalue weighted by molar-refractivity contribution is 0.173. The molecule has 3 rings (SSSR count). The summed E-state index contributed by atoms with van der Waals surface area (Å²) in [5.74, 6) is 2.47. The Hall–Kier alpha value is -0.740. The summed E-state index contributed by atoms with van der Waals surface area (Å²) in [7, 11) is 0. The van der Waals surface area contributed by atoms with Crippen LogP contribution in [-0.4, -0.2) is 12.8 Å². The molecule has 0 radical (unpaired) electrons. The standard InChI is InChI=1S/C14H18BrNO2/c1-9-3-2-4-12(9)16-7-10-5-11(15)14-13(6-10)17-8-18-14/h5-6,9,12,16H,2-4,7-8H2,1H3. The van der Waals surface area contributed by atoms with Crippen molar-refractivity contribution in [2.75, 3.05) is 6.79 Å². The van der Waals surface area contributed by atoms with Gasteiger partial charge in [-0.1, -0.05) is 13.3 Å². The van der Waals surface area contributed by atoms with Gasteiger partial charge in [0.05, 0.1) is 4.47 Å². The SMILES string of the molecule is CC1CCCC1NCc1cc(Br)c2c(c1)OCO2. The second-order valence-corrected chi connectivity index (χ2v) is 6.06. The Morgan fingerprint density at radius 3 is 3.00 bits per heavy atom. The van der Waals surface area contributed by atoms with E-state index in [2.05, 4.69) is 40.3 Å². The molecule has 3 nitrogen and oxygen atoms in total. The van der Waals surface area contributed by atoms with Gasteiger partial charge in [-0.25, -0.2) is 0 Å². The number of nitrogens with one attached hydrogen (secondary N) is 1. The van der Waals surface area contributed by atoms with Gasteiger partial charge in [-0.05, 0) is 52.4 Å². The third-order valence-electron chi connectivity index (χ3n) is 3.92. The van der Waals surface area contributed by atoms with Crippen molar-refractivity contribution in [2.45, 2.75) is 38.8 Å². The van der Waals surface area contributed by atoms with Crippen LogP contribution < -0.4 is 14.8 Å². The van der Waals surface area contributed by atoms with Gasteiger partial charge >= 0.3 is 0 Å². The number of rotatable bonds is 3. The molecular weight excluding hydrogens is 294 g/mol. The Labute approximate surface area is 116 Å². The van der Waals surface area contributed by atoms with Crippen molar-refractivity contribution in [3.8, 4) is 11.5 Å². The molecule has 18 heavy (non-hydrogen) atoms. The average Bonchev–Trinajstić information content (AvgIpc) is 2.95. The van der Waals surface area contributed by atoms with E-state index in [0.29, 0.717) is 12.8 Å². The Kier molecular flexibility index (Phi) is 3.48. The molecule has 2 aliphatic rings. The van der Waals surface area contributed by atoms with Crippen LogP contribution in [0.4, 0.5) is 0 Å². The fraction of sp³-hybridized carbons (Fsp3) is 0.571. The summed E-state index contributed by atoms with van der Waals surface area (Å²) in [6.07, 6.45) is 4.00. The summed E-state index contributed by atoms with van der Waals surface area (Å²) in [5, 5.41) is 3.65. The van der Waals surface area contributed by atoms with Crippen molar-refractivity contribution in [1.29, 1.82) is 0 Å². The minimum absolute atomic E-state index is 0.324. The van der Waals surface area contributed by atoms with Crippen LogP contribution in [0.3, 0.4) is 0 Å². The average molecular weight is 312 g/mol. The maximum Gasteiger partial charge on any atom is 0.231 e. The summed E-state index contributed by atoms with van der Waals surface area (Å²) in [5.41, 5.74) is 1.24. The zero-order chi connectivity index (χ0) is 12.5. The lowest BCUT2D eigenvalue weighted by Gasteiger charge is -2.17. The maximum atomic E-state index is 5.43. The zero-order valence-corrected chi connectivity index (χ0v) is 12.1. The van der Waals surface area contributed by atoms with E-state index in [9.17, 15) is 0 Å². The van der Waals surface area contributed by atoms with Crippen LogP contribution in [0.5, 0.6) is 11.5 Å². The Balaban J connectivity index is 1.68. The minimum atomic E-state index is 0.324. The van der Waals surface area contributed by atoms with Crippen LogP contribution in [0.1, 0.15) is 31.7 Å². The van der Waals surface area contributed by atoms with Gasteiger partial charge in [-0.15, -0.1) is 0 Å². The van der Waals surface area contributed by atoms with Crippen molar-refractivity contribution in [2.24, 2.45) is 5.92 Å². The first kappa shape index (κ1) is 12.3. The predicted molar refractivity (Wildman–Crippen MR) is 73.9 cm³/mol. The molecule has 2 unspecified atom stereocenters. The highest BCUT2D eigenvalue weighted by atomic mass is 79.9. The maximum absolute atomic E-state index is 5.43. The Bertz CT molecular complexity index is 450. The van der Waals surface area contributed by atoms with Crippen molar-refractivity contribution < 1.29 is 9.47 Å². The Morgan fingerprint density at radius 1 is 1.33 bits per heavy atom. The van der Waals surface area contributed by atoms with Gasteiger partial charge in [-0.2, -0.15) is 0 Å². The lowest BCUT2D eigenvalue weighted by Crippen LogP contribution is -2.30. The second kappa shape index (κ2) is 5.10. The first-order valence-electron chi connectivity index (χ1n) is 6.55. The van der Waals surface area contributed by atoms with Gasteiger partial charge < -0.3 is 14.8 Å². The smallest absolute Gasteiger partial charge is 0.231 e. The molecule has 4 heteroatoms. The minimum Gasteiger partial charge on any atom is -0.454 e. The van der Waals surface area contributed by atoms with E-state index in [1.807, 2.05) is 0 Å². The molecule has 0 amide bonds. The lowest BCUT2D eigenvalue weighted by atomic mass is 10.1. The summed E-state index contributed by atoms with van der Waals surface area (Å²) < 4.78 is 11.8. The van der Waals surface area contributed by atoms with E-state index >= 15 is 0 Å². The van der Waals surface area contributed by atoms with Crippen LogP contribution in [-0.2, 0) is 6.54 Å². The fourth-order valence-electron chi connectivity index (χ4n) is 2.82. The van der Waals surface area contributed by atoms with Crippen molar-refractivity contribution in [3.05, 3.63) is 22.2 Å². The highest BCUT2D eigenvalue weighted by molar-refractivity contribution is 9.10. The van der Waals surface area contributed by atoms with Crippen LogP contribution >= 0.6 is 15.9 Å². The fourth-order valence-corrected chi connectivity index (χ4v) is 3.42.